The summed E-state index contributed by atoms with van der Waals surface area (Å²) in [6, 6.07) is 7.26. The summed E-state index contributed by atoms with van der Waals surface area (Å²) < 4.78 is 37.6. The van der Waals surface area contributed by atoms with E-state index in [0.29, 0.717) is 12.3 Å². The van der Waals surface area contributed by atoms with Crippen LogP contribution in [0.15, 0.2) is 24.3 Å². The zero-order chi connectivity index (χ0) is 21.2. The first kappa shape index (κ1) is 21.5. The van der Waals surface area contributed by atoms with Crippen molar-refractivity contribution in [3.8, 4) is 5.75 Å². The lowest BCUT2D eigenvalue weighted by Gasteiger charge is -2.36. The average molecular weight is 426 g/mol. The van der Waals surface area contributed by atoms with Crippen LogP contribution in [0.1, 0.15) is 19.4 Å². The largest absolute Gasteiger partial charge is 0.496 e. The Hall–Kier alpha value is -2.17. The molecule has 2 atom stereocenters. The zero-order valence-electron chi connectivity index (χ0n) is 16.8. The molecule has 2 aliphatic heterocycles. The maximum absolute atomic E-state index is 13.0. The van der Waals surface area contributed by atoms with Crippen LogP contribution in [0.4, 0.5) is 0 Å². The molecule has 0 unspecified atom stereocenters. The van der Waals surface area contributed by atoms with E-state index in [1.807, 2.05) is 18.2 Å². The molecule has 2 amide bonds. The SMILES string of the molecule is COc1ccccc1CNC(=O)[C@H]1CN(S(=O)(=O)C(C)C)C[C@@]12OCCNC2=O. The number of carbonyl (C=O) groups is 2. The number of methoxy groups -OCH3 is 1. The summed E-state index contributed by atoms with van der Waals surface area (Å²) in [4.78, 5) is 25.7. The number of amides is 2. The minimum atomic E-state index is -3.65. The number of benzene rings is 1. The van der Waals surface area contributed by atoms with E-state index in [4.69, 9.17) is 9.47 Å². The second kappa shape index (κ2) is 8.29. The van der Waals surface area contributed by atoms with Gasteiger partial charge in [-0.2, -0.15) is 4.31 Å². The quantitative estimate of drug-likeness (QED) is 0.656. The summed E-state index contributed by atoms with van der Waals surface area (Å²) in [5.41, 5.74) is -0.749. The second-order valence-electron chi connectivity index (χ2n) is 7.46. The molecule has 9 nitrogen and oxygen atoms in total. The summed E-state index contributed by atoms with van der Waals surface area (Å²) in [5.74, 6) is -1.22. The standard InChI is InChI=1S/C19H27N3O6S/c1-13(2)29(25,26)22-11-15(19(12-22)18(24)20-8-9-28-19)17(23)21-10-14-6-4-5-7-16(14)27-3/h4-7,13,15H,8-12H2,1-3H3,(H,20,24)(H,21,23)/t15-,19-/m1/s1. The third-order valence-corrected chi connectivity index (χ3v) is 7.60. The van der Waals surface area contributed by atoms with Crippen molar-refractivity contribution in [1.29, 1.82) is 0 Å². The van der Waals surface area contributed by atoms with Crippen LogP contribution in [-0.2, 0) is 30.9 Å². The molecule has 1 aromatic carbocycles. The lowest BCUT2D eigenvalue weighted by molar-refractivity contribution is -0.163. The minimum absolute atomic E-state index is 0.105. The maximum atomic E-state index is 13.0. The van der Waals surface area contributed by atoms with Gasteiger partial charge in [0.25, 0.3) is 5.91 Å². The van der Waals surface area contributed by atoms with Gasteiger partial charge < -0.3 is 20.1 Å². The van der Waals surface area contributed by atoms with E-state index in [1.165, 1.54) is 4.31 Å². The predicted molar refractivity (Wildman–Crippen MR) is 106 cm³/mol. The van der Waals surface area contributed by atoms with Crippen LogP contribution in [0.3, 0.4) is 0 Å². The van der Waals surface area contributed by atoms with Gasteiger partial charge in [-0.25, -0.2) is 8.42 Å². The first-order valence-electron chi connectivity index (χ1n) is 9.53. The molecule has 2 fully saturated rings. The number of rotatable bonds is 6. The minimum Gasteiger partial charge on any atom is -0.496 e. The van der Waals surface area contributed by atoms with Crippen molar-refractivity contribution in [2.24, 2.45) is 5.92 Å². The molecule has 2 heterocycles. The van der Waals surface area contributed by atoms with Crippen LogP contribution in [0.5, 0.6) is 5.75 Å². The maximum Gasteiger partial charge on any atom is 0.254 e. The number of hydrogen-bond donors (Lipinski definition) is 2. The lowest BCUT2D eigenvalue weighted by atomic mass is 9.87. The highest BCUT2D eigenvalue weighted by Gasteiger charge is 2.59. The number of nitrogens with one attached hydrogen (secondary N) is 2. The summed E-state index contributed by atoms with van der Waals surface area (Å²) in [6.45, 7) is 3.59. The van der Waals surface area contributed by atoms with Crippen molar-refractivity contribution in [2.45, 2.75) is 31.2 Å². The van der Waals surface area contributed by atoms with E-state index >= 15 is 0 Å². The number of ether oxygens (including phenoxy) is 2. The number of nitrogens with zero attached hydrogens (tertiary/aromatic N) is 1. The van der Waals surface area contributed by atoms with Gasteiger partial charge in [0, 0.05) is 25.2 Å². The molecule has 1 spiro atoms. The van der Waals surface area contributed by atoms with E-state index in [-0.39, 0.29) is 26.2 Å². The molecule has 29 heavy (non-hydrogen) atoms. The third-order valence-electron chi connectivity index (χ3n) is 5.41. The molecular weight excluding hydrogens is 398 g/mol. The monoisotopic (exact) mass is 425 g/mol. The van der Waals surface area contributed by atoms with Gasteiger partial charge >= 0.3 is 0 Å². The first-order chi connectivity index (χ1) is 13.7. The number of morpholine rings is 1. The fraction of sp³-hybridized carbons (Fsp3) is 0.579. The van der Waals surface area contributed by atoms with Gasteiger partial charge in [0.15, 0.2) is 5.60 Å². The molecule has 0 radical (unpaired) electrons. The Balaban J connectivity index is 1.84. The Morgan fingerprint density at radius 1 is 1.41 bits per heavy atom. The van der Waals surface area contributed by atoms with Crippen LogP contribution in [-0.4, -0.2) is 68.7 Å². The van der Waals surface area contributed by atoms with E-state index < -0.39 is 38.6 Å². The number of carbonyl (C=O) groups excluding carboxylic acids is 2. The van der Waals surface area contributed by atoms with Crippen molar-refractivity contribution < 1.29 is 27.5 Å². The van der Waals surface area contributed by atoms with Crippen LogP contribution in [0.25, 0.3) is 0 Å². The van der Waals surface area contributed by atoms with Crippen LogP contribution < -0.4 is 15.4 Å². The van der Waals surface area contributed by atoms with Crippen molar-refractivity contribution in [3.63, 3.8) is 0 Å². The van der Waals surface area contributed by atoms with Gasteiger partial charge in [-0.1, -0.05) is 18.2 Å². The van der Waals surface area contributed by atoms with E-state index in [0.717, 1.165) is 5.56 Å². The van der Waals surface area contributed by atoms with Gasteiger partial charge in [-0.05, 0) is 19.9 Å². The molecule has 3 rings (SSSR count). The summed E-state index contributed by atoms with van der Waals surface area (Å²) in [5, 5.41) is 4.85. The highest BCUT2D eigenvalue weighted by molar-refractivity contribution is 7.89. The normalized spacial score (nSPS) is 25.2. The molecule has 0 aromatic heterocycles. The Bertz CT molecular complexity index is 888. The molecule has 1 aromatic rings. The van der Waals surface area contributed by atoms with E-state index in [1.54, 1.807) is 27.0 Å². The van der Waals surface area contributed by atoms with E-state index in [9.17, 15) is 18.0 Å². The van der Waals surface area contributed by atoms with Gasteiger partial charge in [0.1, 0.15) is 5.75 Å². The molecule has 10 heteroatoms. The molecule has 0 saturated carbocycles. The predicted octanol–water partition coefficient (Wildman–Crippen LogP) is -0.133. The zero-order valence-corrected chi connectivity index (χ0v) is 17.6. The highest BCUT2D eigenvalue weighted by atomic mass is 32.2. The van der Waals surface area contributed by atoms with Crippen molar-refractivity contribution in [2.75, 3.05) is 33.4 Å². The van der Waals surface area contributed by atoms with Crippen molar-refractivity contribution in [1.82, 2.24) is 14.9 Å². The summed E-state index contributed by atoms with van der Waals surface area (Å²) >= 11 is 0. The molecule has 2 aliphatic rings. The fourth-order valence-corrected chi connectivity index (χ4v) is 5.04. The van der Waals surface area contributed by atoms with Crippen molar-refractivity contribution in [3.05, 3.63) is 29.8 Å². The molecule has 2 saturated heterocycles. The number of para-hydroxylation sites is 1. The number of sulfonamides is 1. The van der Waals surface area contributed by atoms with Crippen LogP contribution in [0.2, 0.25) is 0 Å². The van der Waals surface area contributed by atoms with Gasteiger partial charge in [0.05, 0.1) is 31.4 Å². The van der Waals surface area contributed by atoms with E-state index in [2.05, 4.69) is 10.6 Å². The summed E-state index contributed by atoms with van der Waals surface area (Å²) in [6.07, 6.45) is 0. The molecular formula is C19H27N3O6S. The third kappa shape index (κ3) is 3.96. The summed E-state index contributed by atoms with van der Waals surface area (Å²) in [7, 11) is -2.10. The van der Waals surface area contributed by atoms with Gasteiger partial charge in [-0.3, -0.25) is 9.59 Å². The topological polar surface area (TPSA) is 114 Å². The second-order valence-corrected chi connectivity index (χ2v) is 9.95. The van der Waals surface area contributed by atoms with Crippen molar-refractivity contribution >= 4 is 21.8 Å². The Morgan fingerprint density at radius 2 is 2.14 bits per heavy atom. The molecule has 0 bridgehead atoms. The van der Waals surface area contributed by atoms with Gasteiger partial charge in [-0.15, -0.1) is 0 Å². The highest BCUT2D eigenvalue weighted by Crippen LogP contribution is 2.36. The number of hydrogen-bond acceptors (Lipinski definition) is 6. The lowest BCUT2D eigenvalue weighted by Crippen LogP contribution is -2.62. The van der Waals surface area contributed by atoms with Gasteiger partial charge in [0.2, 0.25) is 15.9 Å². The molecule has 0 aliphatic carbocycles. The first-order valence-corrected chi connectivity index (χ1v) is 11.0. The average Bonchev–Trinajstić information content (AvgIpc) is 3.09. The fourth-order valence-electron chi connectivity index (χ4n) is 3.72. The van der Waals surface area contributed by atoms with Crippen LogP contribution >= 0.6 is 0 Å². The van der Waals surface area contributed by atoms with Crippen LogP contribution in [0, 0.1) is 5.92 Å². The molecule has 160 valence electrons. The Labute approximate surface area is 170 Å². The smallest absolute Gasteiger partial charge is 0.254 e. The Kier molecular flexibility index (Phi) is 6.16. The molecule has 2 N–H and O–H groups in total. The Morgan fingerprint density at radius 3 is 2.79 bits per heavy atom.